The predicted octanol–water partition coefficient (Wildman–Crippen LogP) is 2.34. The Hall–Kier alpha value is -2.82. The number of carboxylic acid groups (broad SMARTS) is 1. The molecule has 0 fully saturated rings. The molecule has 2 rings (SSSR count). The molecule has 3 N–H and O–H groups in total. The van der Waals surface area contributed by atoms with Gasteiger partial charge < -0.3 is 15.5 Å². The first-order valence-electron chi connectivity index (χ1n) is 5.50. The van der Waals surface area contributed by atoms with Crippen molar-refractivity contribution in [2.24, 2.45) is 0 Å². The Balaban J connectivity index is 2.17. The molecule has 0 heterocycles. The largest absolute Gasteiger partial charge is 0.508 e. The van der Waals surface area contributed by atoms with E-state index in [1.165, 1.54) is 36.4 Å². The molecule has 0 unspecified atom stereocenters. The Bertz CT molecular complexity index is 620. The first kappa shape index (κ1) is 12.6. The number of phenols is 1. The maximum Gasteiger partial charge on any atom is 0.335 e. The first-order valence-corrected chi connectivity index (χ1v) is 5.50. The molecule has 19 heavy (non-hydrogen) atoms. The number of nitrogens with one attached hydrogen (secondary N) is 1. The highest BCUT2D eigenvalue weighted by Crippen LogP contribution is 2.14. The Labute approximate surface area is 109 Å². The van der Waals surface area contributed by atoms with Gasteiger partial charge in [-0.2, -0.15) is 0 Å². The fourth-order valence-electron chi connectivity index (χ4n) is 1.55. The average Bonchev–Trinajstić information content (AvgIpc) is 2.39. The molecule has 0 aliphatic rings. The van der Waals surface area contributed by atoms with Crippen LogP contribution in [0.4, 0.5) is 5.69 Å². The van der Waals surface area contributed by atoms with Crippen LogP contribution in [-0.4, -0.2) is 22.1 Å². The highest BCUT2D eigenvalue weighted by molar-refractivity contribution is 6.04. The molecule has 0 bridgehead atoms. The van der Waals surface area contributed by atoms with Crippen molar-refractivity contribution in [3.05, 3.63) is 59.7 Å². The van der Waals surface area contributed by atoms with Crippen molar-refractivity contribution in [3.63, 3.8) is 0 Å². The number of rotatable bonds is 3. The molecule has 0 aliphatic heterocycles. The summed E-state index contributed by atoms with van der Waals surface area (Å²) in [6.07, 6.45) is 0. The van der Waals surface area contributed by atoms with Gasteiger partial charge in [-0.05, 0) is 42.5 Å². The SMILES string of the molecule is O=C(O)c1cccc(NC(=O)c2ccc(O)cc2)c1. The number of phenolic OH excluding ortho intramolecular Hbond substituents is 1. The predicted molar refractivity (Wildman–Crippen MR) is 69.5 cm³/mol. The second-order valence-electron chi connectivity index (χ2n) is 3.89. The van der Waals surface area contributed by atoms with Crippen LogP contribution in [0.25, 0.3) is 0 Å². The minimum absolute atomic E-state index is 0.0735. The van der Waals surface area contributed by atoms with Crippen LogP contribution in [0.5, 0.6) is 5.75 Å². The summed E-state index contributed by atoms with van der Waals surface area (Å²) in [7, 11) is 0. The summed E-state index contributed by atoms with van der Waals surface area (Å²) in [4.78, 5) is 22.7. The van der Waals surface area contributed by atoms with Gasteiger partial charge in [-0.3, -0.25) is 4.79 Å². The summed E-state index contributed by atoms with van der Waals surface area (Å²) in [5.41, 5.74) is 0.875. The van der Waals surface area contributed by atoms with E-state index < -0.39 is 5.97 Å². The number of carbonyl (C=O) groups is 2. The number of carboxylic acids is 1. The zero-order valence-corrected chi connectivity index (χ0v) is 9.83. The van der Waals surface area contributed by atoms with Crippen molar-refractivity contribution in [1.82, 2.24) is 0 Å². The van der Waals surface area contributed by atoms with Crippen molar-refractivity contribution in [3.8, 4) is 5.75 Å². The molecule has 0 aromatic heterocycles. The van der Waals surface area contributed by atoms with E-state index in [0.29, 0.717) is 11.3 Å². The third kappa shape index (κ3) is 3.10. The summed E-state index contributed by atoms with van der Waals surface area (Å²) in [5.74, 6) is -1.35. The quantitative estimate of drug-likeness (QED) is 0.787. The highest BCUT2D eigenvalue weighted by Gasteiger charge is 2.08. The lowest BCUT2D eigenvalue weighted by Crippen LogP contribution is -2.12. The lowest BCUT2D eigenvalue weighted by molar-refractivity contribution is 0.0696. The lowest BCUT2D eigenvalue weighted by atomic mass is 10.1. The van der Waals surface area contributed by atoms with E-state index in [2.05, 4.69) is 5.32 Å². The van der Waals surface area contributed by atoms with Crippen molar-refractivity contribution < 1.29 is 19.8 Å². The van der Waals surface area contributed by atoms with Crippen LogP contribution in [0.15, 0.2) is 48.5 Å². The normalized spacial score (nSPS) is 9.89. The van der Waals surface area contributed by atoms with Crippen LogP contribution in [0.2, 0.25) is 0 Å². The van der Waals surface area contributed by atoms with Gasteiger partial charge in [-0.25, -0.2) is 4.79 Å². The van der Waals surface area contributed by atoms with E-state index in [1.807, 2.05) is 0 Å². The van der Waals surface area contributed by atoms with Gasteiger partial charge in [0.05, 0.1) is 5.56 Å². The molecule has 5 nitrogen and oxygen atoms in total. The zero-order chi connectivity index (χ0) is 13.8. The fraction of sp³-hybridized carbons (Fsp3) is 0. The van der Waals surface area contributed by atoms with Gasteiger partial charge in [-0.15, -0.1) is 0 Å². The lowest BCUT2D eigenvalue weighted by Gasteiger charge is -2.06. The molecular formula is C14H11NO4. The number of benzene rings is 2. The van der Waals surface area contributed by atoms with Crippen molar-refractivity contribution in [2.45, 2.75) is 0 Å². The number of carbonyl (C=O) groups excluding carboxylic acids is 1. The van der Waals surface area contributed by atoms with E-state index in [-0.39, 0.29) is 17.2 Å². The number of anilines is 1. The number of amides is 1. The molecular weight excluding hydrogens is 246 g/mol. The van der Waals surface area contributed by atoms with Crippen molar-refractivity contribution >= 4 is 17.6 Å². The molecule has 0 saturated carbocycles. The summed E-state index contributed by atoms with van der Waals surface area (Å²) >= 11 is 0. The minimum Gasteiger partial charge on any atom is -0.508 e. The van der Waals surface area contributed by atoms with Gasteiger partial charge in [0.15, 0.2) is 0 Å². The first-order chi connectivity index (χ1) is 9.06. The number of aromatic hydroxyl groups is 1. The molecule has 2 aromatic rings. The summed E-state index contributed by atoms with van der Waals surface area (Å²) in [5, 5.41) is 20.6. The van der Waals surface area contributed by atoms with Gasteiger partial charge in [0.1, 0.15) is 5.75 Å². The third-order valence-corrected chi connectivity index (χ3v) is 2.50. The topological polar surface area (TPSA) is 86.6 Å². The molecule has 0 atom stereocenters. The Morgan fingerprint density at radius 3 is 2.26 bits per heavy atom. The summed E-state index contributed by atoms with van der Waals surface area (Å²) in [6, 6.07) is 11.7. The van der Waals surface area contributed by atoms with Crippen molar-refractivity contribution in [2.75, 3.05) is 5.32 Å². The van der Waals surface area contributed by atoms with Gasteiger partial charge in [0.2, 0.25) is 0 Å². The number of aromatic carboxylic acids is 1. The van der Waals surface area contributed by atoms with Crippen LogP contribution < -0.4 is 5.32 Å². The van der Waals surface area contributed by atoms with E-state index in [1.54, 1.807) is 12.1 Å². The Morgan fingerprint density at radius 2 is 1.63 bits per heavy atom. The second kappa shape index (κ2) is 5.22. The van der Waals surface area contributed by atoms with Crippen LogP contribution in [-0.2, 0) is 0 Å². The van der Waals surface area contributed by atoms with Gasteiger partial charge in [0.25, 0.3) is 5.91 Å². The molecule has 0 spiro atoms. The van der Waals surface area contributed by atoms with Gasteiger partial charge in [0, 0.05) is 11.3 Å². The Kier molecular flexibility index (Phi) is 3.47. The maximum absolute atomic E-state index is 11.9. The van der Waals surface area contributed by atoms with E-state index in [9.17, 15) is 9.59 Å². The summed E-state index contributed by atoms with van der Waals surface area (Å²) < 4.78 is 0. The smallest absolute Gasteiger partial charge is 0.335 e. The maximum atomic E-state index is 11.9. The molecule has 0 radical (unpaired) electrons. The molecule has 96 valence electrons. The highest BCUT2D eigenvalue weighted by atomic mass is 16.4. The molecule has 0 aliphatic carbocycles. The molecule has 0 saturated heterocycles. The van der Waals surface area contributed by atoms with Gasteiger partial charge in [-0.1, -0.05) is 6.07 Å². The van der Waals surface area contributed by atoms with Crippen LogP contribution in [0, 0.1) is 0 Å². The average molecular weight is 257 g/mol. The fourth-order valence-corrected chi connectivity index (χ4v) is 1.55. The minimum atomic E-state index is -1.05. The molecule has 5 heteroatoms. The van der Waals surface area contributed by atoms with Crippen LogP contribution >= 0.6 is 0 Å². The van der Waals surface area contributed by atoms with Crippen molar-refractivity contribution in [1.29, 1.82) is 0 Å². The van der Waals surface area contributed by atoms with Crippen LogP contribution in [0.1, 0.15) is 20.7 Å². The van der Waals surface area contributed by atoms with Gasteiger partial charge >= 0.3 is 5.97 Å². The third-order valence-electron chi connectivity index (χ3n) is 2.50. The van der Waals surface area contributed by atoms with E-state index in [4.69, 9.17) is 10.2 Å². The van der Waals surface area contributed by atoms with E-state index >= 15 is 0 Å². The molecule has 2 aromatic carbocycles. The zero-order valence-electron chi connectivity index (χ0n) is 9.83. The Morgan fingerprint density at radius 1 is 0.947 bits per heavy atom. The summed E-state index contributed by atoms with van der Waals surface area (Å²) in [6.45, 7) is 0. The standard InChI is InChI=1S/C14H11NO4/c16-12-6-4-9(5-7-12)13(17)15-11-3-1-2-10(8-11)14(18)19/h1-8,16H,(H,15,17)(H,18,19). The van der Waals surface area contributed by atoms with E-state index in [0.717, 1.165) is 0 Å². The second-order valence-corrected chi connectivity index (χ2v) is 3.89. The number of hydrogen-bond donors (Lipinski definition) is 3. The van der Waals surface area contributed by atoms with Crippen LogP contribution in [0.3, 0.4) is 0 Å². The monoisotopic (exact) mass is 257 g/mol. The molecule has 1 amide bonds. The number of hydrogen-bond acceptors (Lipinski definition) is 3.